The molecular formula is C14H21NO. The number of hydrogen-bond donors (Lipinski definition) is 1. The Morgan fingerprint density at radius 2 is 2.06 bits per heavy atom. The fraction of sp³-hybridized carbons (Fsp3) is 0.571. The Kier molecular flexibility index (Phi) is 3.83. The third kappa shape index (κ3) is 2.56. The van der Waals surface area contributed by atoms with E-state index in [4.69, 9.17) is 4.74 Å². The standard InChI is InChI=1S/C14H21NO/c1-3-10-16-13-6-4-12(5-7-13)14-11(2)8-9-15-14/h4-7,11,14-15H,3,8-10H2,1-2H3. The molecule has 1 heterocycles. The lowest BCUT2D eigenvalue weighted by Crippen LogP contribution is -2.16. The van der Waals surface area contributed by atoms with Gasteiger partial charge in [-0.05, 0) is 43.0 Å². The molecule has 1 aliphatic heterocycles. The summed E-state index contributed by atoms with van der Waals surface area (Å²) in [5, 5.41) is 3.54. The van der Waals surface area contributed by atoms with Crippen LogP contribution < -0.4 is 10.1 Å². The minimum absolute atomic E-state index is 0.528. The third-order valence-corrected chi connectivity index (χ3v) is 3.25. The fourth-order valence-electron chi connectivity index (χ4n) is 2.27. The van der Waals surface area contributed by atoms with Crippen LogP contribution in [0.3, 0.4) is 0 Å². The highest BCUT2D eigenvalue weighted by Gasteiger charge is 2.23. The second kappa shape index (κ2) is 5.35. The SMILES string of the molecule is CCCOc1ccc(C2NCCC2C)cc1. The molecule has 2 nitrogen and oxygen atoms in total. The second-order valence-electron chi connectivity index (χ2n) is 4.62. The highest BCUT2D eigenvalue weighted by Crippen LogP contribution is 2.29. The highest BCUT2D eigenvalue weighted by molar-refractivity contribution is 5.30. The van der Waals surface area contributed by atoms with Crippen LogP contribution in [0, 0.1) is 5.92 Å². The first-order valence-electron chi connectivity index (χ1n) is 6.27. The molecule has 2 unspecified atom stereocenters. The molecule has 1 aliphatic rings. The molecule has 0 spiro atoms. The van der Waals surface area contributed by atoms with Crippen molar-refractivity contribution in [3.05, 3.63) is 29.8 Å². The van der Waals surface area contributed by atoms with Crippen molar-refractivity contribution in [1.82, 2.24) is 5.32 Å². The zero-order chi connectivity index (χ0) is 11.4. The molecule has 16 heavy (non-hydrogen) atoms. The van der Waals surface area contributed by atoms with Crippen LogP contribution in [0.2, 0.25) is 0 Å². The Labute approximate surface area is 98.0 Å². The first-order chi connectivity index (χ1) is 7.81. The van der Waals surface area contributed by atoms with Crippen LogP contribution in [-0.2, 0) is 0 Å². The summed E-state index contributed by atoms with van der Waals surface area (Å²) < 4.78 is 5.58. The van der Waals surface area contributed by atoms with E-state index in [-0.39, 0.29) is 0 Å². The minimum atomic E-state index is 0.528. The molecule has 1 fully saturated rings. The van der Waals surface area contributed by atoms with Gasteiger partial charge in [-0.25, -0.2) is 0 Å². The van der Waals surface area contributed by atoms with Crippen LogP contribution in [-0.4, -0.2) is 13.2 Å². The smallest absolute Gasteiger partial charge is 0.119 e. The van der Waals surface area contributed by atoms with E-state index in [1.807, 2.05) is 0 Å². The summed E-state index contributed by atoms with van der Waals surface area (Å²) >= 11 is 0. The van der Waals surface area contributed by atoms with Crippen LogP contribution in [0.5, 0.6) is 5.75 Å². The fourth-order valence-corrected chi connectivity index (χ4v) is 2.27. The molecule has 0 radical (unpaired) electrons. The van der Waals surface area contributed by atoms with E-state index in [1.165, 1.54) is 12.0 Å². The summed E-state index contributed by atoms with van der Waals surface area (Å²) in [6, 6.07) is 9.06. The van der Waals surface area contributed by atoms with Gasteiger partial charge in [0.05, 0.1) is 6.61 Å². The number of rotatable bonds is 4. The van der Waals surface area contributed by atoms with Gasteiger partial charge in [-0.2, -0.15) is 0 Å². The van der Waals surface area contributed by atoms with Crippen molar-refractivity contribution in [3.8, 4) is 5.75 Å². The molecular weight excluding hydrogens is 198 g/mol. The van der Waals surface area contributed by atoms with E-state index in [1.54, 1.807) is 0 Å². The Morgan fingerprint density at radius 1 is 1.31 bits per heavy atom. The monoisotopic (exact) mass is 219 g/mol. The zero-order valence-electron chi connectivity index (χ0n) is 10.2. The maximum Gasteiger partial charge on any atom is 0.119 e. The second-order valence-corrected chi connectivity index (χ2v) is 4.62. The molecule has 2 atom stereocenters. The Balaban J connectivity index is 2.01. The number of nitrogens with one attached hydrogen (secondary N) is 1. The Bertz CT molecular complexity index is 320. The van der Waals surface area contributed by atoms with Crippen LogP contribution >= 0.6 is 0 Å². The zero-order valence-corrected chi connectivity index (χ0v) is 10.2. The predicted molar refractivity (Wildman–Crippen MR) is 66.8 cm³/mol. The lowest BCUT2D eigenvalue weighted by Gasteiger charge is -2.16. The van der Waals surface area contributed by atoms with Crippen molar-refractivity contribution >= 4 is 0 Å². The summed E-state index contributed by atoms with van der Waals surface area (Å²) in [6.45, 7) is 6.38. The van der Waals surface area contributed by atoms with Crippen molar-refractivity contribution in [3.63, 3.8) is 0 Å². The summed E-state index contributed by atoms with van der Waals surface area (Å²) in [5.74, 6) is 1.72. The van der Waals surface area contributed by atoms with Gasteiger partial charge in [-0.3, -0.25) is 0 Å². The van der Waals surface area contributed by atoms with Crippen LogP contribution in [0.25, 0.3) is 0 Å². The Hall–Kier alpha value is -1.02. The first kappa shape index (κ1) is 11.5. The van der Waals surface area contributed by atoms with E-state index in [0.717, 1.165) is 31.2 Å². The van der Waals surface area contributed by atoms with Gasteiger partial charge in [-0.1, -0.05) is 26.0 Å². The lowest BCUT2D eigenvalue weighted by atomic mass is 9.96. The molecule has 2 heteroatoms. The highest BCUT2D eigenvalue weighted by atomic mass is 16.5. The van der Waals surface area contributed by atoms with Crippen molar-refractivity contribution in [1.29, 1.82) is 0 Å². The van der Waals surface area contributed by atoms with Gasteiger partial charge in [0.2, 0.25) is 0 Å². The van der Waals surface area contributed by atoms with E-state index in [2.05, 4.69) is 43.4 Å². The number of benzene rings is 1. The molecule has 0 saturated carbocycles. The molecule has 0 aliphatic carbocycles. The van der Waals surface area contributed by atoms with Gasteiger partial charge < -0.3 is 10.1 Å². The van der Waals surface area contributed by atoms with Crippen molar-refractivity contribution in [2.24, 2.45) is 5.92 Å². The van der Waals surface area contributed by atoms with E-state index >= 15 is 0 Å². The summed E-state index contributed by atoms with van der Waals surface area (Å²) in [4.78, 5) is 0. The minimum Gasteiger partial charge on any atom is -0.494 e. The van der Waals surface area contributed by atoms with Gasteiger partial charge in [0.15, 0.2) is 0 Å². The summed E-state index contributed by atoms with van der Waals surface area (Å²) in [6.07, 6.45) is 2.34. The molecule has 2 rings (SSSR count). The van der Waals surface area contributed by atoms with Gasteiger partial charge in [0.25, 0.3) is 0 Å². The quantitative estimate of drug-likeness (QED) is 0.840. The molecule has 1 N–H and O–H groups in total. The van der Waals surface area contributed by atoms with Crippen LogP contribution in [0.1, 0.15) is 38.3 Å². The lowest BCUT2D eigenvalue weighted by molar-refractivity contribution is 0.317. The molecule has 1 aromatic carbocycles. The van der Waals surface area contributed by atoms with E-state index in [9.17, 15) is 0 Å². The molecule has 1 aromatic rings. The van der Waals surface area contributed by atoms with Gasteiger partial charge >= 0.3 is 0 Å². The third-order valence-electron chi connectivity index (χ3n) is 3.25. The predicted octanol–water partition coefficient (Wildman–Crippen LogP) is 3.15. The normalized spacial score (nSPS) is 24.6. The molecule has 88 valence electrons. The maximum atomic E-state index is 5.58. The number of ether oxygens (including phenoxy) is 1. The summed E-state index contributed by atoms with van der Waals surface area (Å²) in [5.41, 5.74) is 1.38. The van der Waals surface area contributed by atoms with Gasteiger partial charge in [-0.15, -0.1) is 0 Å². The molecule has 1 saturated heterocycles. The molecule has 0 bridgehead atoms. The molecule has 0 aromatic heterocycles. The Morgan fingerprint density at radius 3 is 2.62 bits per heavy atom. The van der Waals surface area contributed by atoms with Crippen molar-refractivity contribution < 1.29 is 4.74 Å². The first-order valence-corrected chi connectivity index (χ1v) is 6.27. The topological polar surface area (TPSA) is 21.3 Å². The van der Waals surface area contributed by atoms with E-state index < -0.39 is 0 Å². The summed E-state index contributed by atoms with van der Waals surface area (Å²) in [7, 11) is 0. The number of hydrogen-bond acceptors (Lipinski definition) is 2. The van der Waals surface area contributed by atoms with Crippen molar-refractivity contribution in [2.45, 2.75) is 32.7 Å². The van der Waals surface area contributed by atoms with E-state index in [0.29, 0.717) is 6.04 Å². The molecule has 0 amide bonds. The largest absolute Gasteiger partial charge is 0.494 e. The van der Waals surface area contributed by atoms with Gasteiger partial charge in [0.1, 0.15) is 5.75 Å². The average Bonchev–Trinajstić information content (AvgIpc) is 2.74. The maximum absolute atomic E-state index is 5.58. The van der Waals surface area contributed by atoms with Crippen LogP contribution in [0.15, 0.2) is 24.3 Å². The van der Waals surface area contributed by atoms with Gasteiger partial charge in [0, 0.05) is 6.04 Å². The average molecular weight is 219 g/mol. The van der Waals surface area contributed by atoms with Crippen molar-refractivity contribution in [2.75, 3.05) is 13.2 Å². The van der Waals surface area contributed by atoms with Crippen LogP contribution in [0.4, 0.5) is 0 Å².